The minimum absolute atomic E-state index is 0.122. The summed E-state index contributed by atoms with van der Waals surface area (Å²) < 4.78 is 29.7. The summed E-state index contributed by atoms with van der Waals surface area (Å²) >= 11 is 0. The molecule has 0 aliphatic rings. The molecule has 13 nitrogen and oxygen atoms in total. The Labute approximate surface area is 330 Å². The third-order valence-corrected chi connectivity index (χ3v) is 9.22. The first-order valence-electron chi connectivity index (χ1n) is 18.8. The number of nitrogens with zero attached hydrogens (tertiary/aromatic N) is 6. The van der Waals surface area contributed by atoms with Gasteiger partial charge in [-0.1, -0.05) is 56.0 Å². The Morgan fingerprint density at radius 3 is 1.93 bits per heavy atom. The van der Waals surface area contributed by atoms with E-state index in [0.717, 1.165) is 67.5 Å². The second kappa shape index (κ2) is 19.4. The van der Waals surface area contributed by atoms with Crippen LogP contribution in [0.3, 0.4) is 0 Å². The van der Waals surface area contributed by atoms with E-state index in [9.17, 15) is 4.39 Å². The van der Waals surface area contributed by atoms with Crippen molar-refractivity contribution in [3.8, 4) is 39.9 Å². The Morgan fingerprint density at radius 2 is 1.23 bits per heavy atom. The molecular formula is C43H47FN10O3. The number of unbranched alkanes of at least 4 members (excludes halogenated alkanes) is 4. The molecule has 3 aromatic carbocycles. The van der Waals surface area contributed by atoms with E-state index in [2.05, 4.69) is 24.9 Å². The predicted molar refractivity (Wildman–Crippen MR) is 222 cm³/mol. The number of fused-ring (bicyclic) bond motifs is 2. The third-order valence-electron chi connectivity index (χ3n) is 9.22. The normalized spacial score (nSPS) is 11.5. The van der Waals surface area contributed by atoms with Gasteiger partial charge < -0.3 is 37.1 Å². The fraction of sp³-hybridized carbons (Fsp3) is 0.256. The molecule has 14 heteroatoms. The highest BCUT2D eigenvalue weighted by molar-refractivity contribution is 5.83. The Hall–Kier alpha value is -6.51. The summed E-state index contributed by atoms with van der Waals surface area (Å²) in [6, 6.07) is 28.7. The van der Waals surface area contributed by atoms with Crippen LogP contribution < -0.4 is 37.1 Å². The summed E-state index contributed by atoms with van der Waals surface area (Å²) in [7, 11) is 3.22. The van der Waals surface area contributed by atoms with Crippen molar-refractivity contribution in [3.05, 3.63) is 114 Å². The van der Waals surface area contributed by atoms with E-state index in [0.29, 0.717) is 57.4 Å². The topological polar surface area (TPSA) is 209 Å². The second-order valence-electron chi connectivity index (χ2n) is 13.3. The number of nitrogen functional groups attached to an aromatic ring is 2. The van der Waals surface area contributed by atoms with Gasteiger partial charge in [0.25, 0.3) is 0 Å². The van der Waals surface area contributed by atoms with Crippen molar-refractivity contribution >= 4 is 34.0 Å². The van der Waals surface area contributed by atoms with E-state index in [1.165, 1.54) is 12.1 Å². The summed E-state index contributed by atoms with van der Waals surface area (Å²) in [6.45, 7) is 1.09. The maximum absolute atomic E-state index is 13.2. The van der Waals surface area contributed by atoms with Crippen molar-refractivity contribution < 1.29 is 18.6 Å². The molecule has 0 bridgehead atoms. The van der Waals surface area contributed by atoms with Crippen LogP contribution >= 0.6 is 0 Å². The lowest BCUT2D eigenvalue weighted by Crippen LogP contribution is -2.15. The van der Waals surface area contributed by atoms with Gasteiger partial charge in [-0.3, -0.25) is 0 Å². The average Bonchev–Trinajstić information content (AvgIpc) is 3.24. The zero-order valence-corrected chi connectivity index (χ0v) is 32.1. The Balaban J connectivity index is 0.000000195. The van der Waals surface area contributed by atoms with Crippen LogP contribution in [0, 0.1) is 5.82 Å². The van der Waals surface area contributed by atoms with Crippen molar-refractivity contribution in [1.29, 1.82) is 0 Å². The van der Waals surface area contributed by atoms with Gasteiger partial charge in [0.1, 0.15) is 17.9 Å². The van der Waals surface area contributed by atoms with E-state index in [-0.39, 0.29) is 23.8 Å². The highest BCUT2D eigenvalue weighted by Gasteiger charge is 2.17. The summed E-state index contributed by atoms with van der Waals surface area (Å²) in [4.78, 5) is 26.6. The van der Waals surface area contributed by atoms with E-state index < -0.39 is 0 Å². The molecule has 1 atom stereocenters. The van der Waals surface area contributed by atoms with Crippen LogP contribution in [0.5, 0.6) is 17.4 Å². The molecule has 7 rings (SSSR count). The van der Waals surface area contributed by atoms with Gasteiger partial charge in [-0.25, -0.2) is 29.3 Å². The first kappa shape index (κ1) is 40.2. The monoisotopic (exact) mass is 770 g/mol. The van der Waals surface area contributed by atoms with Crippen LogP contribution in [0.1, 0.15) is 55.8 Å². The second-order valence-corrected chi connectivity index (χ2v) is 13.3. The molecule has 0 amide bonds. The molecule has 0 saturated carbocycles. The molecule has 0 saturated heterocycles. The fourth-order valence-electron chi connectivity index (χ4n) is 6.26. The molecule has 1 unspecified atom stereocenters. The number of rotatable bonds is 15. The molecule has 0 aliphatic carbocycles. The van der Waals surface area contributed by atoms with Crippen molar-refractivity contribution in [2.45, 2.75) is 51.2 Å². The number of methoxy groups -OCH3 is 2. The summed E-state index contributed by atoms with van der Waals surface area (Å²) in [5.41, 5.74) is 31.1. The minimum Gasteiger partial charge on any atom is -0.493 e. The number of hydrogen-bond acceptors (Lipinski definition) is 13. The van der Waals surface area contributed by atoms with Crippen LogP contribution in [-0.2, 0) is 6.61 Å². The standard InChI is InChI=1S/C23H32N6O2.C20H15FN4O/c1-30-19-12-9-15(14-20(19)31-2)17-10-11-18-22(27-17)21(29-23(26)28-18)16(25)8-6-4-3-5-7-13-24;21-15-8-6-14(7-9-15)16-10-11-17-18(23-16)19(25-20(22)24-17)26-12-13-4-2-1-3-5-13/h9-12,14,16H,3-8,13,24-25H2,1-2H3,(H2,26,28,29);1-11H,12H2,(H2,22,24,25). The Bertz CT molecular complexity index is 2400. The number of ether oxygens (including phenoxy) is 3. The number of nitrogens with two attached hydrogens (primary N) is 4. The summed E-state index contributed by atoms with van der Waals surface area (Å²) in [6.07, 6.45) is 6.35. The van der Waals surface area contributed by atoms with Crippen LogP contribution in [0.4, 0.5) is 16.3 Å². The van der Waals surface area contributed by atoms with E-state index in [1.807, 2.05) is 66.7 Å². The predicted octanol–water partition coefficient (Wildman–Crippen LogP) is 7.58. The molecule has 8 N–H and O–H groups in total. The minimum atomic E-state index is -0.294. The van der Waals surface area contributed by atoms with Crippen LogP contribution in [0.2, 0.25) is 0 Å². The van der Waals surface area contributed by atoms with Gasteiger partial charge in [-0.05, 0) is 91.7 Å². The zero-order valence-electron chi connectivity index (χ0n) is 32.1. The van der Waals surface area contributed by atoms with Crippen molar-refractivity contribution in [2.75, 3.05) is 32.2 Å². The first-order chi connectivity index (χ1) is 27.8. The summed E-state index contributed by atoms with van der Waals surface area (Å²) in [5, 5.41) is 0. The molecule has 0 aliphatic heterocycles. The lowest BCUT2D eigenvalue weighted by Gasteiger charge is -2.15. The van der Waals surface area contributed by atoms with Crippen molar-refractivity contribution in [1.82, 2.24) is 29.9 Å². The average molecular weight is 771 g/mol. The number of aromatic nitrogens is 6. The van der Waals surface area contributed by atoms with Gasteiger partial charge in [-0.2, -0.15) is 4.98 Å². The van der Waals surface area contributed by atoms with Crippen LogP contribution in [0.15, 0.2) is 97.1 Å². The fourth-order valence-corrected chi connectivity index (χ4v) is 6.26. The van der Waals surface area contributed by atoms with Gasteiger partial charge in [0.05, 0.1) is 42.3 Å². The molecule has 4 heterocycles. The highest BCUT2D eigenvalue weighted by atomic mass is 19.1. The van der Waals surface area contributed by atoms with Crippen molar-refractivity contribution in [2.24, 2.45) is 11.5 Å². The molecule has 294 valence electrons. The Kier molecular flexibility index (Phi) is 13.7. The number of benzene rings is 3. The molecule has 57 heavy (non-hydrogen) atoms. The highest BCUT2D eigenvalue weighted by Crippen LogP contribution is 2.33. The molecule has 0 fully saturated rings. The molecule has 4 aromatic heterocycles. The maximum Gasteiger partial charge on any atom is 0.245 e. The lowest BCUT2D eigenvalue weighted by molar-refractivity contribution is 0.297. The quantitative estimate of drug-likeness (QED) is 0.0742. The van der Waals surface area contributed by atoms with Gasteiger partial charge in [0.15, 0.2) is 17.0 Å². The lowest BCUT2D eigenvalue weighted by atomic mass is 10.0. The molecule has 0 radical (unpaired) electrons. The zero-order chi connectivity index (χ0) is 40.1. The molecule has 7 aromatic rings. The van der Waals surface area contributed by atoms with Gasteiger partial charge >= 0.3 is 0 Å². The third kappa shape index (κ3) is 10.4. The van der Waals surface area contributed by atoms with E-state index >= 15 is 0 Å². The maximum atomic E-state index is 13.2. The summed E-state index contributed by atoms with van der Waals surface area (Å²) in [5.74, 6) is 1.66. The van der Waals surface area contributed by atoms with E-state index in [1.54, 1.807) is 32.4 Å². The number of pyridine rings is 2. The number of halogens is 1. The molecular weight excluding hydrogens is 724 g/mol. The first-order valence-corrected chi connectivity index (χ1v) is 18.8. The van der Waals surface area contributed by atoms with Crippen LogP contribution in [0.25, 0.3) is 44.6 Å². The van der Waals surface area contributed by atoms with Gasteiger partial charge in [0.2, 0.25) is 17.8 Å². The van der Waals surface area contributed by atoms with Crippen molar-refractivity contribution in [3.63, 3.8) is 0 Å². The number of anilines is 2. The van der Waals surface area contributed by atoms with Crippen LogP contribution in [-0.4, -0.2) is 50.7 Å². The van der Waals surface area contributed by atoms with E-state index in [4.69, 9.17) is 42.1 Å². The van der Waals surface area contributed by atoms with Gasteiger partial charge in [0, 0.05) is 17.2 Å². The number of hydrogen-bond donors (Lipinski definition) is 4. The largest absolute Gasteiger partial charge is 0.493 e. The Morgan fingerprint density at radius 1 is 0.614 bits per heavy atom. The molecule has 0 spiro atoms. The van der Waals surface area contributed by atoms with Gasteiger partial charge in [-0.15, -0.1) is 0 Å². The smallest absolute Gasteiger partial charge is 0.245 e. The SMILES string of the molecule is COc1ccc(-c2ccc3nc(N)nc(C(N)CCCCCCCN)c3n2)cc1OC.Nc1nc(OCc2ccccc2)c2nc(-c3ccc(F)cc3)ccc2n1.